The molecule has 0 fully saturated rings. The number of aromatic nitrogens is 2. The standard InChI is InChI=1S/C25H20N2O4/c28-24(29)15-16-27-23(26-22-12-5-4-11-21(22)25(27)30)14-13-18-7-6-10-20(17-18)31-19-8-2-1-3-9-19/h1-14,17H,15-16H2,(H,28,29)/b14-13+. The predicted octanol–water partition coefficient (Wildman–Crippen LogP) is 4.83. The van der Waals surface area contributed by atoms with Crippen LogP contribution in [0.1, 0.15) is 17.8 Å². The molecule has 0 radical (unpaired) electrons. The van der Waals surface area contributed by atoms with Gasteiger partial charge in [0.25, 0.3) is 5.56 Å². The van der Waals surface area contributed by atoms with E-state index < -0.39 is 5.97 Å². The van der Waals surface area contributed by atoms with Crippen LogP contribution in [-0.2, 0) is 11.3 Å². The van der Waals surface area contributed by atoms with Crippen molar-refractivity contribution in [2.24, 2.45) is 0 Å². The highest BCUT2D eigenvalue weighted by Crippen LogP contribution is 2.22. The highest BCUT2D eigenvalue weighted by atomic mass is 16.5. The van der Waals surface area contributed by atoms with E-state index in [9.17, 15) is 9.59 Å². The first-order chi connectivity index (χ1) is 15.1. The molecule has 0 unspecified atom stereocenters. The van der Waals surface area contributed by atoms with Gasteiger partial charge >= 0.3 is 5.97 Å². The molecule has 31 heavy (non-hydrogen) atoms. The third-order valence-electron chi connectivity index (χ3n) is 4.70. The average Bonchev–Trinajstić information content (AvgIpc) is 2.78. The molecule has 154 valence electrons. The maximum atomic E-state index is 12.9. The highest BCUT2D eigenvalue weighted by molar-refractivity contribution is 5.79. The van der Waals surface area contributed by atoms with Crippen LogP contribution in [0.4, 0.5) is 0 Å². The van der Waals surface area contributed by atoms with E-state index in [0.717, 1.165) is 11.3 Å². The zero-order valence-corrected chi connectivity index (χ0v) is 16.6. The van der Waals surface area contributed by atoms with Gasteiger partial charge in [-0.25, -0.2) is 4.98 Å². The zero-order valence-electron chi connectivity index (χ0n) is 16.6. The second kappa shape index (κ2) is 9.09. The van der Waals surface area contributed by atoms with Crippen molar-refractivity contribution in [3.63, 3.8) is 0 Å². The topological polar surface area (TPSA) is 81.4 Å². The number of aliphatic carboxylic acids is 1. The van der Waals surface area contributed by atoms with E-state index in [1.54, 1.807) is 24.3 Å². The molecule has 4 rings (SSSR count). The van der Waals surface area contributed by atoms with Crippen LogP contribution in [0.2, 0.25) is 0 Å². The quantitative estimate of drug-likeness (QED) is 0.470. The van der Waals surface area contributed by atoms with Crippen molar-refractivity contribution in [2.75, 3.05) is 0 Å². The van der Waals surface area contributed by atoms with Gasteiger partial charge in [0.1, 0.15) is 17.3 Å². The molecule has 1 heterocycles. The second-order valence-electron chi connectivity index (χ2n) is 6.91. The molecule has 6 nitrogen and oxygen atoms in total. The van der Waals surface area contributed by atoms with Gasteiger partial charge in [-0.2, -0.15) is 0 Å². The summed E-state index contributed by atoms with van der Waals surface area (Å²) in [4.78, 5) is 28.5. The summed E-state index contributed by atoms with van der Waals surface area (Å²) in [5, 5.41) is 9.52. The largest absolute Gasteiger partial charge is 0.481 e. The van der Waals surface area contributed by atoms with Crippen molar-refractivity contribution in [1.82, 2.24) is 9.55 Å². The van der Waals surface area contributed by atoms with Crippen LogP contribution in [0.5, 0.6) is 11.5 Å². The molecule has 0 aliphatic carbocycles. The minimum atomic E-state index is -0.972. The maximum Gasteiger partial charge on any atom is 0.305 e. The Morgan fingerprint density at radius 3 is 2.48 bits per heavy atom. The third kappa shape index (κ3) is 4.87. The van der Waals surface area contributed by atoms with Crippen LogP contribution in [0.25, 0.3) is 23.1 Å². The van der Waals surface area contributed by atoms with Crippen molar-refractivity contribution < 1.29 is 14.6 Å². The van der Waals surface area contributed by atoms with E-state index >= 15 is 0 Å². The fourth-order valence-electron chi connectivity index (χ4n) is 3.21. The number of hydrogen-bond donors (Lipinski definition) is 1. The Hall–Kier alpha value is -4.19. The monoisotopic (exact) mass is 412 g/mol. The van der Waals surface area contributed by atoms with Crippen LogP contribution in [0, 0.1) is 0 Å². The number of para-hydroxylation sites is 2. The Labute approximate surface area is 178 Å². The van der Waals surface area contributed by atoms with Crippen LogP contribution in [-0.4, -0.2) is 20.6 Å². The van der Waals surface area contributed by atoms with Gasteiger partial charge in [0, 0.05) is 6.54 Å². The van der Waals surface area contributed by atoms with Gasteiger partial charge < -0.3 is 9.84 Å². The molecule has 0 bridgehead atoms. The predicted molar refractivity (Wildman–Crippen MR) is 120 cm³/mol. The van der Waals surface area contributed by atoms with E-state index in [0.29, 0.717) is 22.5 Å². The first kappa shape index (κ1) is 20.1. The number of carboxylic acid groups (broad SMARTS) is 1. The molecule has 1 aromatic heterocycles. The first-order valence-corrected chi connectivity index (χ1v) is 9.82. The lowest BCUT2D eigenvalue weighted by Crippen LogP contribution is -2.25. The fourth-order valence-corrected chi connectivity index (χ4v) is 3.21. The molecule has 0 saturated carbocycles. The highest BCUT2D eigenvalue weighted by Gasteiger charge is 2.10. The van der Waals surface area contributed by atoms with E-state index in [2.05, 4.69) is 4.98 Å². The van der Waals surface area contributed by atoms with Crippen molar-refractivity contribution in [1.29, 1.82) is 0 Å². The summed E-state index contributed by atoms with van der Waals surface area (Å²) in [5.74, 6) is 0.852. The number of ether oxygens (including phenoxy) is 1. The molecular formula is C25H20N2O4. The van der Waals surface area contributed by atoms with Crippen LogP contribution >= 0.6 is 0 Å². The van der Waals surface area contributed by atoms with Crippen LogP contribution in [0.15, 0.2) is 83.7 Å². The summed E-state index contributed by atoms with van der Waals surface area (Å²) in [5.41, 5.74) is 1.17. The van der Waals surface area contributed by atoms with Gasteiger partial charge in [-0.05, 0) is 48.0 Å². The summed E-state index contributed by atoms with van der Waals surface area (Å²) in [6.45, 7) is 0.0445. The van der Waals surface area contributed by atoms with Crippen molar-refractivity contribution in [3.05, 3.63) is 101 Å². The van der Waals surface area contributed by atoms with Gasteiger partial charge in [-0.15, -0.1) is 0 Å². The Bertz CT molecular complexity index is 1310. The SMILES string of the molecule is O=C(O)CCn1c(/C=C/c2cccc(Oc3ccccc3)c2)nc2ccccc2c1=O. The van der Waals surface area contributed by atoms with Gasteiger partial charge in [0.15, 0.2) is 0 Å². The molecule has 0 amide bonds. The lowest BCUT2D eigenvalue weighted by Gasteiger charge is -2.10. The molecule has 0 aliphatic heterocycles. The van der Waals surface area contributed by atoms with Gasteiger partial charge in [-0.1, -0.05) is 48.5 Å². The molecule has 0 aliphatic rings. The Morgan fingerprint density at radius 1 is 0.935 bits per heavy atom. The number of benzene rings is 3. The van der Waals surface area contributed by atoms with E-state index in [4.69, 9.17) is 9.84 Å². The van der Waals surface area contributed by atoms with E-state index in [1.165, 1.54) is 4.57 Å². The Balaban J connectivity index is 1.67. The number of hydrogen-bond acceptors (Lipinski definition) is 4. The van der Waals surface area contributed by atoms with E-state index in [1.807, 2.05) is 66.7 Å². The number of nitrogens with zero attached hydrogens (tertiary/aromatic N) is 2. The lowest BCUT2D eigenvalue weighted by atomic mass is 10.2. The molecular weight excluding hydrogens is 392 g/mol. The molecule has 0 saturated heterocycles. The number of fused-ring (bicyclic) bond motifs is 1. The molecule has 6 heteroatoms. The first-order valence-electron chi connectivity index (χ1n) is 9.82. The van der Waals surface area contributed by atoms with Gasteiger partial charge in [0.2, 0.25) is 0 Å². The molecule has 0 spiro atoms. The number of carbonyl (C=O) groups is 1. The summed E-state index contributed by atoms with van der Waals surface area (Å²) < 4.78 is 7.27. The summed E-state index contributed by atoms with van der Waals surface area (Å²) in [7, 11) is 0. The smallest absolute Gasteiger partial charge is 0.305 e. The van der Waals surface area contributed by atoms with Gasteiger partial charge in [0.05, 0.1) is 17.3 Å². The van der Waals surface area contributed by atoms with E-state index in [-0.39, 0.29) is 18.5 Å². The average molecular weight is 412 g/mol. The Morgan fingerprint density at radius 2 is 1.68 bits per heavy atom. The third-order valence-corrected chi connectivity index (χ3v) is 4.70. The normalized spacial score (nSPS) is 11.1. The minimum Gasteiger partial charge on any atom is -0.481 e. The minimum absolute atomic E-state index is 0.0445. The molecule has 3 aromatic carbocycles. The number of rotatable bonds is 7. The van der Waals surface area contributed by atoms with Crippen LogP contribution < -0.4 is 10.3 Å². The van der Waals surface area contributed by atoms with Crippen molar-refractivity contribution in [2.45, 2.75) is 13.0 Å². The number of carboxylic acids is 1. The van der Waals surface area contributed by atoms with Crippen molar-refractivity contribution in [3.8, 4) is 11.5 Å². The fraction of sp³-hybridized carbons (Fsp3) is 0.0800. The molecule has 0 atom stereocenters. The molecule has 1 N–H and O–H groups in total. The second-order valence-corrected chi connectivity index (χ2v) is 6.91. The zero-order chi connectivity index (χ0) is 21.6. The maximum absolute atomic E-state index is 12.9. The van der Waals surface area contributed by atoms with Crippen LogP contribution in [0.3, 0.4) is 0 Å². The lowest BCUT2D eigenvalue weighted by molar-refractivity contribution is -0.137. The summed E-state index contributed by atoms with van der Waals surface area (Å²) in [6, 6.07) is 24.1. The Kier molecular flexibility index (Phi) is 5.89. The summed E-state index contributed by atoms with van der Waals surface area (Å²) in [6.07, 6.45) is 3.38. The van der Waals surface area contributed by atoms with Gasteiger partial charge in [-0.3, -0.25) is 14.2 Å². The van der Waals surface area contributed by atoms with Crippen molar-refractivity contribution >= 4 is 29.0 Å². The summed E-state index contributed by atoms with van der Waals surface area (Å²) >= 11 is 0. The molecule has 4 aromatic rings.